The first-order valence-electron chi connectivity index (χ1n) is 10.6. The van der Waals surface area contributed by atoms with Crippen molar-refractivity contribution in [2.75, 3.05) is 6.61 Å². The smallest absolute Gasteiger partial charge is 0.340 e. The Hall–Kier alpha value is -3.25. The molecule has 0 saturated heterocycles. The topological polar surface area (TPSA) is 87.9 Å². The summed E-state index contributed by atoms with van der Waals surface area (Å²) in [6.07, 6.45) is 1.66. The number of nitrogens with two attached hydrogens (primary N) is 1. The summed E-state index contributed by atoms with van der Waals surface area (Å²) in [5.74, 6) is -0.342. The van der Waals surface area contributed by atoms with Crippen molar-refractivity contribution in [3.8, 4) is 5.75 Å². The fourth-order valence-electron chi connectivity index (χ4n) is 4.07. The minimum atomic E-state index is -0.716. The Morgan fingerprint density at radius 2 is 1.91 bits per heavy atom. The van der Waals surface area contributed by atoms with Crippen molar-refractivity contribution in [1.82, 2.24) is 0 Å². The Bertz CT molecular complexity index is 1100. The first kappa shape index (κ1) is 22.0. The monoisotopic (exact) mass is 453 g/mol. The molecule has 0 fully saturated rings. The van der Waals surface area contributed by atoms with Gasteiger partial charge in [0, 0.05) is 29.0 Å². The van der Waals surface area contributed by atoms with Crippen molar-refractivity contribution in [2.45, 2.75) is 38.7 Å². The first-order chi connectivity index (χ1) is 15.5. The van der Waals surface area contributed by atoms with Crippen LogP contribution in [-0.2, 0) is 25.7 Å². The van der Waals surface area contributed by atoms with Gasteiger partial charge in [0.05, 0.1) is 12.5 Å². The molecule has 0 spiro atoms. The Balaban J connectivity index is 1.76. The molecule has 6 nitrogen and oxygen atoms in total. The molecule has 166 valence electrons. The van der Waals surface area contributed by atoms with Gasteiger partial charge in [-0.3, -0.25) is 4.79 Å². The fourth-order valence-corrected chi connectivity index (χ4v) is 4.19. The SMILES string of the molecule is CCOC(=O)C1=C(N)OC2=C(C(=O)CCC2)[C@H]1c1ccccc1OCc1ccc(Cl)cc1. The van der Waals surface area contributed by atoms with Crippen LogP contribution in [0.4, 0.5) is 0 Å². The molecule has 7 heteroatoms. The van der Waals surface area contributed by atoms with Crippen molar-refractivity contribution in [3.63, 3.8) is 0 Å². The van der Waals surface area contributed by atoms with E-state index in [9.17, 15) is 9.59 Å². The maximum Gasteiger partial charge on any atom is 0.340 e. The molecule has 2 N–H and O–H groups in total. The second-order valence-electron chi connectivity index (χ2n) is 7.60. The van der Waals surface area contributed by atoms with E-state index in [1.54, 1.807) is 19.1 Å². The molecule has 0 aromatic heterocycles. The van der Waals surface area contributed by atoms with Crippen molar-refractivity contribution in [3.05, 3.63) is 87.5 Å². The molecule has 0 saturated carbocycles. The van der Waals surface area contributed by atoms with Gasteiger partial charge in [-0.25, -0.2) is 4.79 Å². The van der Waals surface area contributed by atoms with Crippen molar-refractivity contribution >= 4 is 23.4 Å². The molecule has 32 heavy (non-hydrogen) atoms. The lowest BCUT2D eigenvalue weighted by Crippen LogP contribution is -2.31. The molecule has 0 radical (unpaired) electrons. The lowest BCUT2D eigenvalue weighted by Gasteiger charge is -2.33. The molecule has 2 aromatic carbocycles. The number of carbonyl (C=O) groups is 2. The molecule has 1 atom stereocenters. The van der Waals surface area contributed by atoms with Crippen molar-refractivity contribution in [1.29, 1.82) is 0 Å². The van der Waals surface area contributed by atoms with E-state index in [4.69, 9.17) is 31.5 Å². The quantitative estimate of drug-likeness (QED) is 0.633. The lowest BCUT2D eigenvalue weighted by molar-refractivity contribution is -0.139. The highest BCUT2D eigenvalue weighted by Crippen LogP contribution is 2.46. The molecule has 0 unspecified atom stereocenters. The van der Waals surface area contributed by atoms with E-state index in [1.165, 1.54) is 0 Å². The molecule has 2 aromatic rings. The van der Waals surface area contributed by atoms with Crippen LogP contribution in [0.5, 0.6) is 5.75 Å². The summed E-state index contributed by atoms with van der Waals surface area (Å²) in [4.78, 5) is 25.8. The summed E-state index contributed by atoms with van der Waals surface area (Å²) in [6.45, 7) is 2.19. The largest absolute Gasteiger partial charge is 0.489 e. The van der Waals surface area contributed by atoms with Gasteiger partial charge in [0.15, 0.2) is 5.78 Å². The molecule has 1 heterocycles. The molecular formula is C25H24ClNO5. The Morgan fingerprint density at radius 3 is 2.66 bits per heavy atom. The fraction of sp³-hybridized carbons (Fsp3) is 0.280. The van der Waals surface area contributed by atoms with Gasteiger partial charge in [0.25, 0.3) is 0 Å². The third-order valence-electron chi connectivity index (χ3n) is 5.52. The van der Waals surface area contributed by atoms with E-state index in [0.29, 0.717) is 53.5 Å². The van der Waals surface area contributed by atoms with Crippen LogP contribution in [0.15, 0.2) is 71.3 Å². The van der Waals surface area contributed by atoms with E-state index in [-0.39, 0.29) is 23.8 Å². The van der Waals surface area contributed by atoms with Gasteiger partial charge in [-0.15, -0.1) is 0 Å². The maximum atomic E-state index is 13.0. The zero-order valence-electron chi connectivity index (χ0n) is 17.7. The minimum Gasteiger partial charge on any atom is -0.489 e. The van der Waals surface area contributed by atoms with Crippen molar-refractivity contribution < 1.29 is 23.8 Å². The predicted molar refractivity (Wildman–Crippen MR) is 120 cm³/mol. The lowest BCUT2D eigenvalue weighted by atomic mass is 9.77. The van der Waals surface area contributed by atoms with Gasteiger partial charge in [-0.2, -0.15) is 0 Å². The van der Waals surface area contributed by atoms with Gasteiger partial charge in [0.2, 0.25) is 5.88 Å². The number of hydrogen-bond acceptors (Lipinski definition) is 6. The van der Waals surface area contributed by atoms with Crippen LogP contribution in [0.1, 0.15) is 43.2 Å². The zero-order valence-corrected chi connectivity index (χ0v) is 18.5. The number of para-hydroxylation sites is 1. The number of benzene rings is 2. The third-order valence-corrected chi connectivity index (χ3v) is 5.77. The Morgan fingerprint density at radius 1 is 1.16 bits per heavy atom. The zero-order chi connectivity index (χ0) is 22.7. The highest BCUT2D eigenvalue weighted by Gasteiger charge is 2.42. The van der Waals surface area contributed by atoms with E-state index < -0.39 is 11.9 Å². The number of Topliss-reactive ketones (excluding diaryl/α,β-unsaturated/α-hetero) is 1. The van der Waals surface area contributed by atoms with Gasteiger partial charge in [0.1, 0.15) is 23.7 Å². The van der Waals surface area contributed by atoms with Crippen molar-refractivity contribution in [2.24, 2.45) is 5.73 Å². The molecule has 1 aliphatic heterocycles. The van der Waals surface area contributed by atoms with Crippen LogP contribution in [0.2, 0.25) is 5.02 Å². The summed E-state index contributed by atoms with van der Waals surface area (Å²) in [6, 6.07) is 14.7. The van der Waals surface area contributed by atoms with Gasteiger partial charge >= 0.3 is 5.97 Å². The molecular weight excluding hydrogens is 430 g/mol. The maximum absolute atomic E-state index is 13.0. The van der Waals surface area contributed by atoms with Crippen LogP contribution >= 0.6 is 11.6 Å². The van der Waals surface area contributed by atoms with E-state index in [2.05, 4.69) is 0 Å². The first-order valence-corrected chi connectivity index (χ1v) is 10.9. The molecule has 2 aliphatic rings. The summed E-state index contributed by atoms with van der Waals surface area (Å²) < 4.78 is 17.1. The number of carbonyl (C=O) groups excluding carboxylic acids is 2. The highest BCUT2D eigenvalue weighted by molar-refractivity contribution is 6.30. The summed E-state index contributed by atoms with van der Waals surface area (Å²) in [7, 11) is 0. The highest BCUT2D eigenvalue weighted by atomic mass is 35.5. The van der Waals surface area contributed by atoms with Crippen LogP contribution < -0.4 is 10.5 Å². The van der Waals surface area contributed by atoms with E-state index >= 15 is 0 Å². The second kappa shape index (κ2) is 9.49. The standard InChI is InChI=1S/C25H24ClNO5/c1-2-30-25(29)23-21(22-18(28)7-5-9-20(22)32-24(23)27)17-6-3-4-8-19(17)31-14-15-10-12-16(26)13-11-15/h3-4,6,8,10-13,21H,2,5,7,9,14,27H2,1H3/t21-/m1/s1. The minimum absolute atomic E-state index is 0.0330. The van der Waals surface area contributed by atoms with Crippen LogP contribution in [0.25, 0.3) is 0 Å². The number of esters is 1. The Kier molecular flexibility index (Phi) is 6.51. The second-order valence-corrected chi connectivity index (χ2v) is 8.04. The Labute approximate surface area is 191 Å². The average Bonchev–Trinajstić information content (AvgIpc) is 2.78. The summed E-state index contributed by atoms with van der Waals surface area (Å²) in [5.41, 5.74) is 8.36. The summed E-state index contributed by atoms with van der Waals surface area (Å²) >= 11 is 5.97. The van der Waals surface area contributed by atoms with Gasteiger partial charge in [-0.1, -0.05) is 41.9 Å². The van der Waals surface area contributed by atoms with E-state index in [1.807, 2.05) is 36.4 Å². The number of halogens is 1. The predicted octanol–water partition coefficient (Wildman–Crippen LogP) is 4.77. The van der Waals surface area contributed by atoms with Crippen LogP contribution in [0.3, 0.4) is 0 Å². The third kappa shape index (κ3) is 4.36. The van der Waals surface area contributed by atoms with E-state index in [0.717, 1.165) is 5.56 Å². The normalized spacial score (nSPS) is 18.2. The van der Waals surface area contributed by atoms with Crippen LogP contribution in [-0.4, -0.2) is 18.4 Å². The molecule has 0 bridgehead atoms. The molecule has 4 rings (SSSR count). The number of hydrogen-bond donors (Lipinski definition) is 1. The average molecular weight is 454 g/mol. The molecule has 0 amide bonds. The van der Waals surface area contributed by atoms with Crippen LogP contribution in [0, 0.1) is 0 Å². The van der Waals surface area contributed by atoms with Gasteiger partial charge in [-0.05, 0) is 37.1 Å². The number of ether oxygens (including phenoxy) is 3. The number of allylic oxidation sites excluding steroid dienone is 2. The molecule has 1 aliphatic carbocycles. The number of ketones is 1. The van der Waals surface area contributed by atoms with Gasteiger partial charge < -0.3 is 19.9 Å². The number of rotatable bonds is 6. The summed E-state index contributed by atoms with van der Waals surface area (Å²) in [5, 5.41) is 0.645.